The molecule has 4 rings (SSSR count). The van der Waals surface area contributed by atoms with E-state index < -0.39 is 4.92 Å². The molecule has 2 aliphatic heterocycles. The fourth-order valence-corrected chi connectivity index (χ4v) is 4.11. The lowest BCUT2D eigenvalue weighted by atomic mass is 9.99. The van der Waals surface area contributed by atoms with E-state index in [1.54, 1.807) is 11.0 Å². The Bertz CT molecular complexity index is 875. The number of carbonyl (C=O) groups is 1. The van der Waals surface area contributed by atoms with E-state index in [4.69, 9.17) is 0 Å². The largest absolute Gasteiger partial charge is 0.371 e. The number of nitro benzene ring substituents is 1. The van der Waals surface area contributed by atoms with Crippen LogP contribution in [0.2, 0.25) is 0 Å². The molecule has 1 saturated heterocycles. The number of hydrogen-bond donors (Lipinski definition) is 0. The molecule has 6 heteroatoms. The molecule has 1 amide bonds. The molecular weight excluding hydrogens is 342 g/mol. The van der Waals surface area contributed by atoms with E-state index in [0.29, 0.717) is 12.1 Å². The minimum Gasteiger partial charge on any atom is -0.371 e. The van der Waals surface area contributed by atoms with E-state index in [0.717, 1.165) is 55.7 Å². The van der Waals surface area contributed by atoms with Crippen LogP contribution in [0.25, 0.3) is 0 Å². The standard InChI is InChI=1S/C21H23N3O3/c25-21(23-14-6-8-16-7-2-3-9-19(16)23)18-15-17(24(26)27)10-11-20(18)22-12-4-1-5-13-22/h2-3,7,9-11,15H,1,4-6,8,12-14H2. The Morgan fingerprint density at radius 1 is 0.926 bits per heavy atom. The molecule has 0 aliphatic carbocycles. The highest BCUT2D eigenvalue weighted by molar-refractivity contribution is 6.10. The monoisotopic (exact) mass is 365 g/mol. The lowest BCUT2D eigenvalue weighted by molar-refractivity contribution is -0.384. The summed E-state index contributed by atoms with van der Waals surface area (Å²) in [5.74, 6) is -0.147. The third kappa shape index (κ3) is 3.39. The predicted molar refractivity (Wildman–Crippen MR) is 106 cm³/mol. The number of benzene rings is 2. The molecule has 140 valence electrons. The molecule has 27 heavy (non-hydrogen) atoms. The number of amides is 1. The van der Waals surface area contributed by atoms with Gasteiger partial charge in [-0.05, 0) is 49.8 Å². The number of fused-ring (bicyclic) bond motifs is 1. The predicted octanol–water partition coefficient (Wildman–Crippen LogP) is 4.18. The summed E-state index contributed by atoms with van der Waals surface area (Å²) in [5, 5.41) is 11.3. The zero-order chi connectivity index (χ0) is 18.8. The van der Waals surface area contributed by atoms with Gasteiger partial charge in [-0.2, -0.15) is 0 Å². The van der Waals surface area contributed by atoms with Crippen LogP contribution in [-0.4, -0.2) is 30.5 Å². The molecule has 6 nitrogen and oxygen atoms in total. The molecule has 2 aromatic rings. The summed E-state index contributed by atoms with van der Waals surface area (Å²) in [6.45, 7) is 2.40. The molecule has 0 saturated carbocycles. The molecule has 0 atom stereocenters. The maximum absolute atomic E-state index is 13.5. The molecule has 2 aromatic carbocycles. The van der Waals surface area contributed by atoms with Gasteiger partial charge in [0.15, 0.2) is 0 Å². The van der Waals surface area contributed by atoms with Crippen molar-refractivity contribution in [2.75, 3.05) is 29.4 Å². The minimum atomic E-state index is -0.430. The number of piperidine rings is 1. The first-order valence-corrected chi connectivity index (χ1v) is 9.58. The fourth-order valence-electron chi connectivity index (χ4n) is 4.11. The quantitative estimate of drug-likeness (QED) is 0.604. The Morgan fingerprint density at radius 3 is 2.48 bits per heavy atom. The van der Waals surface area contributed by atoms with Gasteiger partial charge in [0.2, 0.25) is 0 Å². The summed E-state index contributed by atoms with van der Waals surface area (Å²) in [6.07, 6.45) is 5.20. The Hall–Kier alpha value is -2.89. The van der Waals surface area contributed by atoms with Crippen molar-refractivity contribution in [3.05, 3.63) is 63.7 Å². The number of hydrogen-bond acceptors (Lipinski definition) is 4. The van der Waals surface area contributed by atoms with E-state index in [1.165, 1.54) is 18.6 Å². The van der Waals surface area contributed by atoms with Crippen LogP contribution in [0.15, 0.2) is 42.5 Å². The molecule has 0 spiro atoms. The van der Waals surface area contributed by atoms with Crippen molar-refractivity contribution >= 4 is 23.0 Å². The van der Waals surface area contributed by atoms with Crippen LogP contribution in [0.1, 0.15) is 41.6 Å². The number of anilines is 2. The van der Waals surface area contributed by atoms with Gasteiger partial charge in [-0.1, -0.05) is 18.2 Å². The van der Waals surface area contributed by atoms with Crippen molar-refractivity contribution in [3.63, 3.8) is 0 Å². The second-order valence-corrected chi connectivity index (χ2v) is 7.20. The average molecular weight is 365 g/mol. The minimum absolute atomic E-state index is 0.0376. The van der Waals surface area contributed by atoms with Gasteiger partial charge >= 0.3 is 0 Å². The second kappa shape index (κ2) is 7.39. The van der Waals surface area contributed by atoms with Crippen molar-refractivity contribution in [3.8, 4) is 0 Å². The number of nitro groups is 1. The molecule has 0 radical (unpaired) electrons. The van der Waals surface area contributed by atoms with Crippen molar-refractivity contribution in [1.82, 2.24) is 0 Å². The summed E-state index contributed by atoms with van der Waals surface area (Å²) in [4.78, 5) is 28.3. The van der Waals surface area contributed by atoms with Gasteiger partial charge in [-0.25, -0.2) is 0 Å². The van der Waals surface area contributed by atoms with Gasteiger partial charge in [-0.3, -0.25) is 14.9 Å². The van der Waals surface area contributed by atoms with Gasteiger partial charge in [0.25, 0.3) is 11.6 Å². The summed E-state index contributed by atoms with van der Waals surface area (Å²) >= 11 is 0. The number of rotatable bonds is 3. The average Bonchev–Trinajstić information content (AvgIpc) is 2.73. The number of nitrogens with zero attached hydrogens (tertiary/aromatic N) is 3. The molecule has 0 unspecified atom stereocenters. The molecule has 0 N–H and O–H groups in total. The third-order valence-corrected chi connectivity index (χ3v) is 5.47. The number of carbonyl (C=O) groups excluding carboxylic acids is 1. The van der Waals surface area contributed by atoms with E-state index in [1.807, 2.05) is 24.3 Å². The maximum Gasteiger partial charge on any atom is 0.270 e. The molecule has 1 fully saturated rings. The van der Waals surface area contributed by atoms with Gasteiger partial charge < -0.3 is 9.80 Å². The normalized spacial score (nSPS) is 16.7. The summed E-state index contributed by atoms with van der Waals surface area (Å²) in [7, 11) is 0. The molecule has 0 bridgehead atoms. The first-order valence-electron chi connectivity index (χ1n) is 9.58. The van der Waals surface area contributed by atoms with Gasteiger partial charge in [0, 0.05) is 37.5 Å². The topological polar surface area (TPSA) is 66.7 Å². The number of non-ortho nitro benzene ring substituents is 1. The summed E-state index contributed by atoms with van der Waals surface area (Å²) in [6, 6.07) is 12.6. The van der Waals surface area contributed by atoms with Crippen molar-refractivity contribution < 1.29 is 9.72 Å². The van der Waals surface area contributed by atoms with Crippen LogP contribution in [0, 0.1) is 10.1 Å². The first kappa shape index (κ1) is 17.5. The van der Waals surface area contributed by atoms with Crippen molar-refractivity contribution in [2.45, 2.75) is 32.1 Å². The van der Waals surface area contributed by atoms with Crippen LogP contribution in [-0.2, 0) is 6.42 Å². The maximum atomic E-state index is 13.5. The second-order valence-electron chi connectivity index (χ2n) is 7.20. The van der Waals surface area contributed by atoms with Crippen molar-refractivity contribution in [1.29, 1.82) is 0 Å². The molecule has 2 aliphatic rings. The van der Waals surface area contributed by atoms with Crippen LogP contribution in [0.4, 0.5) is 17.1 Å². The van der Waals surface area contributed by atoms with Crippen LogP contribution < -0.4 is 9.80 Å². The van der Waals surface area contributed by atoms with Crippen molar-refractivity contribution in [2.24, 2.45) is 0 Å². The third-order valence-electron chi connectivity index (χ3n) is 5.47. The Kier molecular flexibility index (Phi) is 4.79. The molecule has 0 aromatic heterocycles. The summed E-state index contributed by atoms with van der Waals surface area (Å²) < 4.78 is 0. The smallest absolute Gasteiger partial charge is 0.270 e. The highest BCUT2D eigenvalue weighted by Crippen LogP contribution is 2.33. The van der Waals surface area contributed by atoms with E-state index in [9.17, 15) is 14.9 Å². The Morgan fingerprint density at radius 2 is 1.70 bits per heavy atom. The zero-order valence-corrected chi connectivity index (χ0v) is 15.3. The SMILES string of the molecule is O=C(c1cc([N+](=O)[O-])ccc1N1CCCCC1)N1CCCc2ccccc21. The van der Waals surface area contributed by atoms with E-state index in [2.05, 4.69) is 4.90 Å². The summed E-state index contributed by atoms with van der Waals surface area (Å²) in [5.41, 5.74) is 3.28. The van der Waals surface area contributed by atoms with Crippen LogP contribution in [0.3, 0.4) is 0 Å². The van der Waals surface area contributed by atoms with Gasteiger partial charge in [0.1, 0.15) is 0 Å². The molecular formula is C21H23N3O3. The number of para-hydroxylation sites is 1. The lowest BCUT2D eigenvalue weighted by Gasteiger charge is -2.33. The molecule has 2 heterocycles. The first-order chi connectivity index (χ1) is 13.1. The van der Waals surface area contributed by atoms with Gasteiger partial charge in [-0.15, -0.1) is 0 Å². The highest BCUT2D eigenvalue weighted by Gasteiger charge is 2.28. The fraction of sp³-hybridized carbons (Fsp3) is 0.381. The van der Waals surface area contributed by atoms with E-state index >= 15 is 0 Å². The van der Waals surface area contributed by atoms with E-state index in [-0.39, 0.29) is 11.6 Å². The zero-order valence-electron chi connectivity index (χ0n) is 15.3. The van der Waals surface area contributed by atoms with Crippen LogP contribution in [0.5, 0.6) is 0 Å². The number of aryl methyl sites for hydroxylation is 1. The van der Waals surface area contributed by atoms with Crippen LogP contribution >= 0.6 is 0 Å². The Labute approximate surface area is 158 Å². The Balaban J connectivity index is 1.76. The lowest BCUT2D eigenvalue weighted by Crippen LogP contribution is -2.37. The van der Waals surface area contributed by atoms with Gasteiger partial charge in [0.05, 0.1) is 16.2 Å². The highest BCUT2D eigenvalue weighted by atomic mass is 16.6.